The topological polar surface area (TPSA) is 37.2 Å². The number of aliphatic hydroxyl groups excluding tert-OH is 1. The van der Waals surface area contributed by atoms with Crippen molar-refractivity contribution < 1.29 is 5.11 Å². The molecule has 4 heteroatoms. The smallest absolute Gasteiger partial charge is 0.0843 e. The van der Waals surface area contributed by atoms with Gasteiger partial charge in [0, 0.05) is 34.2 Å². The first kappa shape index (κ1) is 17.8. The number of nitrogens with zero attached hydrogens (tertiary/aromatic N) is 1. The summed E-state index contributed by atoms with van der Waals surface area (Å²) in [5.41, 5.74) is 5.42. The number of fused-ring (bicyclic) bond motifs is 3. The lowest BCUT2D eigenvalue weighted by Crippen LogP contribution is -2.30. The first-order valence-corrected chi connectivity index (χ1v) is 10.2. The molecule has 0 amide bonds. The summed E-state index contributed by atoms with van der Waals surface area (Å²) in [6.45, 7) is 2.01. The van der Waals surface area contributed by atoms with Gasteiger partial charge in [-0.15, -0.1) is 0 Å². The minimum atomic E-state index is -0.399. The summed E-state index contributed by atoms with van der Waals surface area (Å²) in [6.07, 6.45) is 4.42. The molecule has 3 aromatic rings. The van der Waals surface area contributed by atoms with Gasteiger partial charge in [0.05, 0.1) is 12.6 Å². The highest BCUT2D eigenvalue weighted by Crippen LogP contribution is 2.32. The molecule has 0 fully saturated rings. The monoisotopic (exact) mass is 412 g/mol. The van der Waals surface area contributed by atoms with Gasteiger partial charge in [0.15, 0.2) is 0 Å². The number of aryl methyl sites for hydroxylation is 1. The Morgan fingerprint density at radius 1 is 1.08 bits per heavy atom. The van der Waals surface area contributed by atoms with E-state index < -0.39 is 6.10 Å². The second-order valence-electron chi connectivity index (χ2n) is 7.17. The van der Waals surface area contributed by atoms with Gasteiger partial charge in [0.2, 0.25) is 0 Å². The van der Waals surface area contributed by atoms with Crippen molar-refractivity contribution in [3.63, 3.8) is 0 Å². The van der Waals surface area contributed by atoms with Crippen LogP contribution < -0.4 is 5.32 Å². The molecule has 3 nitrogen and oxygen atoms in total. The molecule has 2 N–H and O–H groups in total. The van der Waals surface area contributed by atoms with Crippen LogP contribution >= 0.6 is 15.9 Å². The fraction of sp³-hybridized carbons (Fsp3) is 0.364. The first-order valence-electron chi connectivity index (χ1n) is 9.44. The molecule has 1 aliphatic rings. The van der Waals surface area contributed by atoms with Crippen molar-refractivity contribution in [2.24, 2.45) is 0 Å². The molecule has 0 bridgehead atoms. The van der Waals surface area contributed by atoms with Crippen LogP contribution in [0, 0.1) is 0 Å². The summed E-state index contributed by atoms with van der Waals surface area (Å²) in [5.74, 6) is 0. The van der Waals surface area contributed by atoms with E-state index in [4.69, 9.17) is 0 Å². The molecule has 4 rings (SSSR count). The van der Waals surface area contributed by atoms with Gasteiger partial charge in [-0.1, -0.05) is 46.3 Å². The van der Waals surface area contributed by atoms with Gasteiger partial charge >= 0.3 is 0 Å². The van der Waals surface area contributed by atoms with E-state index in [1.165, 1.54) is 47.0 Å². The highest BCUT2D eigenvalue weighted by atomic mass is 79.9. The lowest BCUT2D eigenvalue weighted by atomic mass is 9.95. The van der Waals surface area contributed by atoms with Crippen LogP contribution in [-0.4, -0.2) is 22.3 Å². The van der Waals surface area contributed by atoms with E-state index in [0.717, 1.165) is 17.4 Å². The average Bonchev–Trinajstić information content (AvgIpc) is 2.96. The number of para-hydroxylation sites is 1. The minimum absolute atomic E-state index is 0.399. The molecular weight excluding hydrogens is 388 g/mol. The van der Waals surface area contributed by atoms with Gasteiger partial charge in [0.25, 0.3) is 0 Å². The lowest BCUT2D eigenvalue weighted by molar-refractivity contribution is 0.151. The normalized spacial score (nSPS) is 15.2. The SMILES string of the molecule is OC(CNCc1cccc(Br)c1)Cn1c2c(c3ccccc31)CCCC2. The number of halogens is 1. The van der Waals surface area contributed by atoms with Crippen molar-refractivity contribution in [1.29, 1.82) is 0 Å². The maximum absolute atomic E-state index is 10.6. The van der Waals surface area contributed by atoms with Crippen molar-refractivity contribution in [3.05, 3.63) is 69.8 Å². The Balaban J connectivity index is 1.45. The summed E-state index contributed by atoms with van der Waals surface area (Å²) >= 11 is 3.50. The second kappa shape index (κ2) is 7.95. The predicted molar refractivity (Wildman–Crippen MR) is 110 cm³/mol. The maximum Gasteiger partial charge on any atom is 0.0843 e. The fourth-order valence-electron chi connectivity index (χ4n) is 4.10. The second-order valence-corrected chi connectivity index (χ2v) is 8.09. The summed E-state index contributed by atoms with van der Waals surface area (Å²) < 4.78 is 3.44. The lowest BCUT2D eigenvalue weighted by Gasteiger charge is -2.19. The maximum atomic E-state index is 10.6. The molecule has 1 atom stereocenters. The van der Waals surface area contributed by atoms with E-state index >= 15 is 0 Å². The zero-order chi connectivity index (χ0) is 17.9. The van der Waals surface area contributed by atoms with E-state index in [1.54, 1.807) is 0 Å². The Morgan fingerprint density at radius 3 is 2.81 bits per heavy atom. The molecule has 136 valence electrons. The molecule has 1 unspecified atom stereocenters. The third-order valence-electron chi connectivity index (χ3n) is 5.28. The highest BCUT2D eigenvalue weighted by molar-refractivity contribution is 9.10. The predicted octanol–water partition coefficient (Wildman–Crippen LogP) is 4.43. The highest BCUT2D eigenvalue weighted by Gasteiger charge is 2.20. The van der Waals surface area contributed by atoms with Crippen molar-refractivity contribution in [2.75, 3.05) is 6.54 Å². The van der Waals surface area contributed by atoms with Gasteiger partial charge in [-0.3, -0.25) is 0 Å². The molecule has 1 heterocycles. The molecule has 1 aromatic heterocycles. The van der Waals surface area contributed by atoms with Gasteiger partial charge in [0.1, 0.15) is 0 Å². The van der Waals surface area contributed by atoms with Crippen LogP contribution in [0.15, 0.2) is 53.0 Å². The summed E-state index contributed by atoms with van der Waals surface area (Å²) in [7, 11) is 0. The van der Waals surface area contributed by atoms with Gasteiger partial charge < -0.3 is 15.0 Å². The number of rotatable bonds is 6. The van der Waals surface area contributed by atoms with Gasteiger partial charge in [-0.2, -0.15) is 0 Å². The summed E-state index contributed by atoms with van der Waals surface area (Å²) in [6, 6.07) is 16.9. The number of benzene rings is 2. The standard InChI is InChI=1S/C22H25BrN2O/c23-17-7-5-6-16(12-17)13-24-14-18(26)15-25-21-10-3-1-8-19(21)20-9-2-4-11-22(20)25/h1,3,5-8,10,12,18,24,26H,2,4,9,11,13-15H2. The van der Waals surface area contributed by atoms with Crippen molar-refractivity contribution in [2.45, 2.75) is 44.9 Å². The third-order valence-corrected chi connectivity index (χ3v) is 5.77. The minimum Gasteiger partial charge on any atom is -0.390 e. The molecule has 0 radical (unpaired) electrons. The fourth-order valence-corrected chi connectivity index (χ4v) is 4.55. The van der Waals surface area contributed by atoms with Gasteiger partial charge in [-0.25, -0.2) is 0 Å². The van der Waals surface area contributed by atoms with E-state index in [-0.39, 0.29) is 0 Å². The number of aliphatic hydroxyl groups is 1. The average molecular weight is 413 g/mol. The zero-order valence-corrected chi connectivity index (χ0v) is 16.5. The van der Waals surface area contributed by atoms with E-state index in [1.807, 2.05) is 12.1 Å². The molecular formula is C22H25BrN2O. The van der Waals surface area contributed by atoms with Crippen LogP contribution in [0.5, 0.6) is 0 Å². The summed E-state index contributed by atoms with van der Waals surface area (Å²) in [5, 5.41) is 15.4. The molecule has 26 heavy (non-hydrogen) atoms. The van der Waals surface area contributed by atoms with Crippen LogP contribution in [0.25, 0.3) is 10.9 Å². The molecule has 1 aliphatic carbocycles. The Morgan fingerprint density at radius 2 is 1.92 bits per heavy atom. The van der Waals surface area contributed by atoms with Gasteiger partial charge in [-0.05, 0) is 55.0 Å². The first-order chi connectivity index (χ1) is 12.7. The molecule has 0 spiro atoms. The Kier molecular flexibility index (Phi) is 5.44. The Bertz CT molecular complexity index is 902. The van der Waals surface area contributed by atoms with Crippen LogP contribution in [0.2, 0.25) is 0 Å². The van der Waals surface area contributed by atoms with Crippen molar-refractivity contribution >= 4 is 26.8 Å². The van der Waals surface area contributed by atoms with Crippen LogP contribution in [-0.2, 0) is 25.9 Å². The van der Waals surface area contributed by atoms with Crippen LogP contribution in [0.3, 0.4) is 0 Å². The number of nitrogens with one attached hydrogen (secondary N) is 1. The van der Waals surface area contributed by atoms with Crippen LogP contribution in [0.4, 0.5) is 0 Å². The largest absolute Gasteiger partial charge is 0.390 e. The van der Waals surface area contributed by atoms with E-state index in [9.17, 15) is 5.11 Å². The molecule has 0 saturated heterocycles. The number of hydrogen-bond acceptors (Lipinski definition) is 2. The molecule has 2 aromatic carbocycles. The summed E-state index contributed by atoms with van der Waals surface area (Å²) in [4.78, 5) is 0. The van der Waals surface area contributed by atoms with Crippen molar-refractivity contribution in [1.82, 2.24) is 9.88 Å². The molecule has 0 aliphatic heterocycles. The number of hydrogen-bond donors (Lipinski definition) is 2. The Labute approximate surface area is 163 Å². The van der Waals surface area contributed by atoms with E-state index in [0.29, 0.717) is 13.1 Å². The van der Waals surface area contributed by atoms with Crippen LogP contribution in [0.1, 0.15) is 29.7 Å². The quantitative estimate of drug-likeness (QED) is 0.627. The molecule has 0 saturated carbocycles. The van der Waals surface area contributed by atoms with E-state index in [2.05, 4.69) is 62.2 Å². The Hall–Kier alpha value is -1.62. The van der Waals surface area contributed by atoms with Crippen molar-refractivity contribution in [3.8, 4) is 0 Å². The number of aromatic nitrogens is 1. The zero-order valence-electron chi connectivity index (χ0n) is 14.9. The third kappa shape index (κ3) is 3.73.